The summed E-state index contributed by atoms with van der Waals surface area (Å²) in [5.41, 5.74) is 0. The molecule has 0 amide bonds. The van der Waals surface area contributed by atoms with Crippen molar-refractivity contribution in [1.82, 2.24) is 0 Å². The maximum atomic E-state index is 8.38. The van der Waals surface area contributed by atoms with E-state index < -0.39 is 0 Å². The van der Waals surface area contributed by atoms with Crippen LogP contribution >= 0.6 is 0 Å². The fourth-order valence-corrected chi connectivity index (χ4v) is 0.342. The van der Waals surface area contributed by atoms with E-state index in [1.165, 1.54) is 0 Å². The summed E-state index contributed by atoms with van der Waals surface area (Å²) in [7, 11) is 0. The van der Waals surface area contributed by atoms with Crippen molar-refractivity contribution in [2.24, 2.45) is 0 Å². The summed E-state index contributed by atoms with van der Waals surface area (Å²) >= 11 is 0.125. The first-order valence-corrected chi connectivity index (χ1v) is 3.41. The monoisotopic (exact) mass is 157 g/mol. The molecule has 0 heterocycles. The maximum Gasteiger partial charge on any atom is -0.171 e. The van der Waals surface area contributed by atoms with Crippen LogP contribution in [0, 0.1) is 6.07 Å². The molecule has 0 aliphatic carbocycles. The summed E-state index contributed by atoms with van der Waals surface area (Å²) in [5.74, 6) is 0. The van der Waals surface area contributed by atoms with Crippen LogP contribution in [-0.2, 0) is 21.8 Å². The number of hydrogen-bond donors (Lipinski definition) is 0. The predicted octanol–water partition coefficient (Wildman–Crippen LogP) is 1.37. The molecule has 1 rings (SSSR count). The molecule has 0 bridgehead atoms. The van der Waals surface area contributed by atoms with Gasteiger partial charge in [-0.3, -0.25) is 0 Å². The topological polar surface area (TPSA) is 17.1 Å². The van der Waals surface area contributed by atoms with Crippen LogP contribution in [0.1, 0.15) is 0 Å². The molecule has 0 radical (unpaired) electrons. The largest absolute Gasteiger partial charge is 0.184 e. The fraction of sp³-hybridized carbons (Fsp3) is 0. The molecule has 38 valence electrons. The molecule has 1 aromatic carbocycles. The number of benzene rings is 1. The Kier molecular flexibility index (Phi) is 6.35. The summed E-state index contributed by atoms with van der Waals surface area (Å²) in [4.78, 5) is 0. The Morgan fingerprint density at radius 3 is 1.62 bits per heavy atom. The smallest absolute Gasteiger partial charge is 0.171 e. The molecule has 0 atom stereocenters. The number of rotatable bonds is 0. The van der Waals surface area contributed by atoms with E-state index in [-0.39, 0.29) is 18.3 Å². The molecular formula is C6H5OZn-. The zero-order chi connectivity index (χ0) is 6.24. The van der Waals surface area contributed by atoms with Crippen molar-refractivity contribution in [3.05, 3.63) is 36.4 Å². The van der Waals surface area contributed by atoms with Crippen LogP contribution in [0.3, 0.4) is 0 Å². The molecule has 0 aliphatic heterocycles. The average molecular weight is 158 g/mol. The average Bonchev–Trinajstić information content (AvgIpc) is 1.96. The van der Waals surface area contributed by atoms with Gasteiger partial charge in [0.15, 0.2) is 0 Å². The van der Waals surface area contributed by atoms with E-state index in [0.717, 1.165) is 0 Å². The predicted molar refractivity (Wildman–Crippen MR) is 26.0 cm³/mol. The zero-order valence-electron chi connectivity index (χ0n) is 4.50. The van der Waals surface area contributed by atoms with Crippen LogP contribution in [0.15, 0.2) is 30.3 Å². The molecule has 0 N–H and O–H groups in total. The van der Waals surface area contributed by atoms with Gasteiger partial charge in [0.1, 0.15) is 0 Å². The van der Waals surface area contributed by atoms with Crippen molar-refractivity contribution < 1.29 is 21.8 Å². The first kappa shape index (κ1) is 7.64. The van der Waals surface area contributed by atoms with E-state index >= 15 is 0 Å². The van der Waals surface area contributed by atoms with Gasteiger partial charge in [-0.15, -0.1) is 0 Å². The standard InChI is InChI=1S/C6H5.O.Zn/c1-2-4-6-5-3-1;;/h1-5H;;/q-1;;. The minimum atomic E-state index is 0.125. The van der Waals surface area contributed by atoms with Crippen molar-refractivity contribution in [1.29, 1.82) is 0 Å². The van der Waals surface area contributed by atoms with Gasteiger partial charge in [-0.05, 0) is 0 Å². The summed E-state index contributed by atoms with van der Waals surface area (Å²) in [5, 5.41) is 0. The van der Waals surface area contributed by atoms with Crippen molar-refractivity contribution in [2.75, 3.05) is 0 Å². The summed E-state index contributed by atoms with van der Waals surface area (Å²) in [6, 6.07) is 12.5. The third-order valence-electron chi connectivity index (χ3n) is 0.607. The van der Waals surface area contributed by atoms with Gasteiger partial charge in [0.2, 0.25) is 0 Å². The number of hydrogen-bond acceptors (Lipinski definition) is 1. The molecule has 0 saturated heterocycles. The third kappa shape index (κ3) is 3.82. The summed E-state index contributed by atoms with van der Waals surface area (Å²) in [6.07, 6.45) is 0. The van der Waals surface area contributed by atoms with Gasteiger partial charge in [0.25, 0.3) is 0 Å². The Balaban J connectivity index is 0.000000222. The molecule has 1 aromatic rings. The van der Waals surface area contributed by atoms with Gasteiger partial charge in [-0.25, -0.2) is 0 Å². The van der Waals surface area contributed by atoms with E-state index in [1.54, 1.807) is 0 Å². The molecule has 0 saturated carbocycles. The van der Waals surface area contributed by atoms with Gasteiger partial charge in [-0.2, -0.15) is 36.4 Å². The Hall–Kier alpha value is -0.357. The summed E-state index contributed by atoms with van der Waals surface area (Å²) < 4.78 is 8.38. The normalized spacial score (nSPS) is 6.75. The quantitative estimate of drug-likeness (QED) is 0.412. The van der Waals surface area contributed by atoms with Crippen molar-refractivity contribution in [2.45, 2.75) is 0 Å². The maximum absolute atomic E-state index is 8.38. The second-order valence-corrected chi connectivity index (χ2v) is 1.08. The minimum Gasteiger partial charge on any atom is -0.184 e. The van der Waals surface area contributed by atoms with Crippen molar-refractivity contribution in [3.63, 3.8) is 0 Å². The molecule has 0 spiro atoms. The van der Waals surface area contributed by atoms with E-state index in [2.05, 4.69) is 6.07 Å². The van der Waals surface area contributed by atoms with Gasteiger partial charge in [-0.1, -0.05) is 0 Å². The molecule has 0 fully saturated rings. The van der Waals surface area contributed by atoms with Crippen LogP contribution in [0.4, 0.5) is 0 Å². The van der Waals surface area contributed by atoms with E-state index in [9.17, 15) is 0 Å². The SMILES string of the molecule is [O]=[Zn].[c-]1ccccc1. The van der Waals surface area contributed by atoms with Gasteiger partial charge in [0.05, 0.1) is 0 Å². The first-order chi connectivity index (χ1) is 4.00. The van der Waals surface area contributed by atoms with Crippen molar-refractivity contribution >= 4 is 0 Å². The van der Waals surface area contributed by atoms with E-state index in [1.807, 2.05) is 30.3 Å². The molecule has 0 aliphatic rings. The molecule has 8 heavy (non-hydrogen) atoms. The van der Waals surface area contributed by atoms with Crippen LogP contribution in [0.2, 0.25) is 0 Å². The van der Waals surface area contributed by atoms with Crippen LogP contribution in [0.25, 0.3) is 0 Å². The molecule has 1 nitrogen and oxygen atoms in total. The Bertz CT molecular complexity index is 91.4. The minimum absolute atomic E-state index is 0.125. The zero-order valence-corrected chi connectivity index (χ0v) is 7.47. The van der Waals surface area contributed by atoms with E-state index in [0.29, 0.717) is 0 Å². The fourth-order valence-electron chi connectivity index (χ4n) is 0.342. The summed E-state index contributed by atoms with van der Waals surface area (Å²) in [6.45, 7) is 0. The van der Waals surface area contributed by atoms with Crippen molar-refractivity contribution in [3.8, 4) is 0 Å². The second kappa shape index (κ2) is 6.64. The second-order valence-electron chi connectivity index (χ2n) is 1.08. The molecular weight excluding hydrogens is 153 g/mol. The Labute approximate surface area is 58.7 Å². The van der Waals surface area contributed by atoms with Gasteiger partial charge < -0.3 is 0 Å². The Morgan fingerprint density at radius 2 is 1.50 bits per heavy atom. The Morgan fingerprint density at radius 1 is 1.00 bits per heavy atom. The molecule has 0 aromatic heterocycles. The molecule has 2 heteroatoms. The van der Waals surface area contributed by atoms with E-state index in [4.69, 9.17) is 3.57 Å². The first-order valence-electron chi connectivity index (χ1n) is 2.20. The van der Waals surface area contributed by atoms with Crippen LogP contribution in [0.5, 0.6) is 0 Å². The van der Waals surface area contributed by atoms with Crippen LogP contribution < -0.4 is 0 Å². The van der Waals surface area contributed by atoms with Crippen LogP contribution in [-0.4, -0.2) is 0 Å². The van der Waals surface area contributed by atoms with Gasteiger partial charge >= 0.3 is 21.8 Å². The van der Waals surface area contributed by atoms with Gasteiger partial charge in [0, 0.05) is 0 Å². The molecule has 0 unspecified atom stereocenters. The third-order valence-corrected chi connectivity index (χ3v) is 0.607.